The minimum atomic E-state index is -0.179. The number of aromatic nitrogens is 2. The highest BCUT2D eigenvalue weighted by atomic mass is 16.1. The molecule has 0 fully saturated rings. The second-order valence-electron chi connectivity index (χ2n) is 6.41. The molecule has 0 saturated carbocycles. The Bertz CT molecular complexity index is 1400. The lowest BCUT2D eigenvalue weighted by Crippen LogP contribution is -2.11. The van der Waals surface area contributed by atoms with Crippen LogP contribution in [-0.4, -0.2) is 15.2 Å². The number of para-hydroxylation sites is 2. The predicted molar refractivity (Wildman–Crippen MR) is 106 cm³/mol. The van der Waals surface area contributed by atoms with Crippen molar-refractivity contribution in [3.05, 3.63) is 106 Å². The van der Waals surface area contributed by atoms with Gasteiger partial charge < -0.3 is 0 Å². The van der Waals surface area contributed by atoms with E-state index in [4.69, 9.17) is 0 Å². The molecule has 5 aromatic rings. The van der Waals surface area contributed by atoms with Crippen molar-refractivity contribution < 1.29 is 4.79 Å². The second-order valence-corrected chi connectivity index (χ2v) is 6.41. The summed E-state index contributed by atoms with van der Waals surface area (Å²) in [6.07, 6.45) is 0. The maximum Gasteiger partial charge on any atom is 0.264 e. The maximum atomic E-state index is 13.3. The lowest BCUT2D eigenvalue weighted by molar-refractivity contribution is 0.104. The third-order valence-corrected chi connectivity index (χ3v) is 4.78. The van der Waals surface area contributed by atoms with Crippen LogP contribution in [0.25, 0.3) is 27.5 Å². The summed E-state index contributed by atoms with van der Waals surface area (Å²) >= 11 is 0. The van der Waals surface area contributed by atoms with Gasteiger partial charge in [0, 0.05) is 10.9 Å². The first-order chi connectivity index (χ1) is 13.2. The van der Waals surface area contributed by atoms with Crippen LogP contribution >= 0.6 is 0 Å². The molecule has 0 saturated heterocycles. The topological polar surface area (TPSA) is 51.4 Å². The Morgan fingerprint density at radius 2 is 1.52 bits per heavy atom. The highest BCUT2D eigenvalue weighted by molar-refractivity contribution is 6.14. The number of rotatable bonds is 2. The van der Waals surface area contributed by atoms with Crippen LogP contribution in [0.4, 0.5) is 0 Å². The van der Waals surface area contributed by atoms with Gasteiger partial charge in [0.2, 0.25) is 0 Å². The maximum absolute atomic E-state index is 13.3. The molecule has 0 radical (unpaired) electrons. The molecule has 2 aromatic heterocycles. The number of fused-ring (bicyclic) bond motifs is 4. The van der Waals surface area contributed by atoms with Crippen LogP contribution in [0.2, 0.25) is 0 Å². The van der Waals surface area contributed by atoms with E-state index in [9.17, 15) is 9.59 Å². The normalized spacial score (nSPS) is 11.3. The molecule has 0 aliphatic rings. The average Bonchev–Trinajstić information content (AvgIpc) is 3.06. The van der Waals surface area contributed by atoms with Crippen molar-refractivity contribution in [1.82, 2.24) is 9.38 Å². The van der Waals surface area contributed by atoms with E-state index in [1.54, 1.807) is 28.7 Å². The molecule has 0 aliphatic heterocycles. The average molecular weight is 350 g/mol. The minimum absolute atomic E-state index is 0.156. The lowest BCUT2D eigenvalue weighted by Gasteiger charge is -2.00. The summed E-state index contributed by atoms with van der Waals surface area (Å²) < 4.78 is 1.55. The number of carbonyl (C=O) groups excluding carboxylic acids is 1. The number of benzene rings is 3. The van der Waals surface area contributed by atoms with Gasteiger partial charge in [-0.15, -0.1) is 0 Å². The molecule has 4 heteroatoms. The van der Waals surface area contributed by atoms with Gasteiger partial charge in [-0.3, -0.25) is 14.0 Å². The quantitative estimate of drug-likeness (QED) is 0.448. The fourth-order valence-corrected chi connectivity index (χ4v) is 3.48. The van der Waals surface area contributed by atoms with E-state index >= 15 is 0 Å². The molecule has 3 aromatic carbocycles. The monoisotopic (exact) mass is 350 g/mol. The van der Waals surface area contributed by atoms with Crippen molar-refractivity contribution in [1.29, 1.82) is 0 Å². The molecule has 0 atom stereocenters. The van der Waals surface area contributed by atoms with Gasteiger partial charge in [0.25, 0.3) is 5.56 Å². The first-order valence-corrected chi connectivity index (χ1v) is 8.67. The number of ketones is 1. The Balaban J connectivity index is 2.01. The molecule has 5 rings (SSSR count). The lowest BCUT2D eigenvalue weighted by atomic mass is 10.0. The molecule has 0 aliphatic carbocycles. The summed E-state index contributed by atoms with van der Waals surface area (Å²) in [4.78, 5) is 31.2. The zero-order valence-corrected chi connectivity index (χ0v) is 14.3. The van der Waals surface area contributed by atoms with E-state index in [0.29, 0.717) is 33.2 Å². The molecule has 4 nitrogen and oxygen atoms in total. The summed E-state index contributed by atoms with van der Waals surface area (Å²) in [6, 6.07) is 25.6. The van der Waals surface area contributed by atoms with Gasteiger partial charge >= 0.3 is 0 Å². The minimum Gasteiger partial charge on any atom is -0.288 e. The summed E-state index contributed by atoms with van der Waals surface area (Å²) in [5, 5.41) is 1.27. The van der Waals surface area contributed by atoms with Crippen molar-refractivity contribution >= 4 is 33.2 Å². The van der Waals surface area contributed by atoms with Gasteiger partial charge in [0.05, 0.1) is 16.6 Å². The summed E-state index contributed by atoms with van der Waals surface area (Å²) in [6.45, 7) is 0. The van der Waals surface area contributed by atoms with Gasteiger partial charge in [-0.2, -0.15) is 0 Å². The Hall–Kier alpha value is -3.79. The summed E-state index contributed by atoms with van der Waals surface area (Å²) in [7, 11) is 0. The molecule has 0 unspecified atom stereocenters. The van der Waals surface area contributed by atoms with E-state index in [-0.39, 0.29) is 11.3 Å². The molecule has 2 heterocycles. The number of nitrogens with zero attached hydrogens (tertiary/aromatic N) is 2. The van der Waals surface area contributed by atoms with Gasteiger partial charge in [0.15, 0.2) is 11.4 Å². The molecule has 0 amide bonds. The fraction of sp³-hybridized carbons (Fsp3) is 0. The van der Waals surface area contributed by atoms with E-state index in [0.717, 1.165) is 5.39 Å². The Morgan fingerprint density at radius 1 is 0.815 bits per heavy atom. The van der Waals surface area contributed by atoms with Gasteiger partial charge in [-0.25, -0.2) is 4.98 Å². The molecule has 0 spiro atoms. The van der Waals surface area contributed by atoms with Gasteiger partial charge in [-0.05, 0) is 29.7 Å². The summed E-state index contributed by atoms with van der Waals surface area (Å²) in [5.74, 6) is -0.156. The highest BCUT2D eigenvalue weighted by Crippen LogP contribution is 2.22. The van der Waals surface area contributed by atoms with Gasteiger partial charge in [0.1, 0.15) is 0 Å². The smallest absolute Gasteiger partial charge is 0.264 e. The van der Waals surface area contributed by atoms with Crippen molar-refractivity contribution in [2.45, 2.75) is 0 Å². The fourth-order valence-electron chi connectivity index (χ4n) is 3.48. The van der Waals surface area contributed by atoms with Crippen LogP contribution in [0.15, 0.2) is 89.7 Å². The van der Waals surface area contributed by atoms with Crippen LogP contribution < -0.4 is 5.56 Å². The molecular weight excluding hydrogens is 336 g/mol. The van der Waals surface area contributed by atoms with E-state index in [2.05, 4.69) is 4.98 Å². The first kappa shape index (κ1) is 15.5. The van der Waals surface area contributed by atoms with Crippen LogP contribution in [0.1, 0.15) is 15.9 Å². The second kappa shape index (κ2) is 5.88. The number of hydrogen-bond acceptors (Lipinski definition) is 3. The van der Waals surface area contributed by atoms with Gasteiger partial charge in [-0.1, -0.05) is 60.7 Å². The van der Waals surface area contributed by atoms with Crippen LogP contribution in [0.5, 0.6) is 0 Å². The number of hydrogen-bond donors (Lipinski definition) is 0. The van der Waals surface area contributed by atoms with E-state index in [1.165, 1.54) is 0 Å². The Kier molecular flexibility index (Phi) is 3.37. The Morgan fingerprint density at radius 3 is 2.37 bits per heavy atom. The zero-order valence-electron chi connectivity index (χ0n) is 14.3. The van der Waals surface area contributed by atoms with E-state index < -0.39 is 0 Å². The number of imidazole rings is 1. The zero-order chi connectivity index (χ0) is 18.4. The van der Waals surface area contributed by atoms with Crippen molar-refractivity contribution in [3.63, 3.8) is 0 Å². The van der Waals surface area contributed by atoms with E-state index in [1.807, 2.05) is 60.7 Å². The molecule has 128 valence electrons. The summed E-state index contributed by atoms with van der Waals surface area (Å²) in [5.41, 5.74) is 2.56. The highest BCUT2D eigenvalue weighted by Gasteiger charge is 2.18. The Labute approximate surface area is 154 Å². The van der Waals surface area contributed by atoms with Crippen LogP contribution in [0.3, 0.4) is 0 Å². The first-order valence-electron chi connectivity index (χ1n) is 8.67. The number of carbonyl (C=O) groups is 1. The molecular formula is C23H14N2O2. The van der Waals surface area contributed by atoms with Crippen LogP contribution in [0, 0.1) is 0 Å². The predicted octanol–water partition coefficient (Wildman–Crippen LogP) is 4.23. The largest absolute Gasteiger partial charge is 0.288 e. The van der Waals surface area contributed by atoms with Crippen LogP contribution in [-0.2, 0) is 0 Å². The van der Waals surface area contributed by atoms with Crippen molar-refractivity contribution in [3.8, 4) is 0 Å². The van der Waals surface area contributed by atoms with Crippen molar-refractivity contribution in [2.24, 2.45) is 0 Å². The van der Waals surface area contributed by atoms with Crippen molar-refractivity contribution in [2.75, 3.05) is 0 Å². The standard InChI is InChI=1S/C23H14N2O2/c26-21(15-8-2-1-3-9-15)18-14-16-10-4-5-11-17(16)23(27)25-20-13-7-6-12-19(20)24-22(18)25/h1-14H. The SMILES string of the molecule is O=C(c1ccccc1)c1cc2ccccc2c(=O)n2c1nc1ccccc12. The third-order valence-electron chi connectivity index (χ3n) is 4.78. The third kappa shape index (κ3) is 2.34. The molecule has 0 N–H and O–H groups in total. The molecule has 27 heavy (non-hydrogen) atoms. The molecule has 0 bridgehead atoms.